The fourth-order valence-corrected chi connectivity index (χ4v) is 1.26. The average Bonchev–Trinajstić information content (AvgIpc) is 2.77. The van der Waals surface area contributed by atoms with Gasteiger partial charge in [-0.1, -0.05) is 30.3 Å². The molecule has 0 unspecified atom stereocenters. The Morgan fingerprint density at radius 1 is 1.14 bits per heavy atom. The van der Waals surface area contributed by atoms with Crippen molar-refractivity contribution in [2.45, 2.75) is 18.7 Å². The van der Waals surface area contributed by atoms with Crippen molar-refractivity contribution in [2.75, 3.05) is 13.2 Å². The monoisotopic (exact) mass is 224 g/mol. The second kappa shape index (κ2) is 9.78. The van der Waals surface area contributed by atoms with Gasteiger partial charge in [0.15, 0.2) is 0 Å². The van der Waals surface area contributed by atoms with Gasteiger partial charge in [-0.15, -0.1) is 11.6 Å². The predicted octanol–water partition coefficient (Wildman–Crippen LogP) is 3.07. The third-order valence-corrected chi connectivity index (χ3v) is 2.13. The van der Waals surface area contributed by atoms with Gasteiger partial charge >= 0.3 is 23.1 Å². The minimum atomic E-state index is 0. The van der Waals surface area contributed by atoms with Crippen LogP contribution in [0.25, 0.3) is 0 Å². The van der Waals surface area contributed by atoms with Crippen LogP contribution in [0.15, 0.2) is 30.3 Å². The zero-order valence-electron chi connectivity index (χ0n) is 10.4. The van der Waals surface area contributed by atoms with Gasteiger partial charge in [0.2, 0.25) is 0 Å². The van der Waals surface area contributed by atoms with Crippen LogP contribution in [0.2, 0.25) is 0 Å². The molecule has 1 aromatic carbocycles. The molecule has 0 spiro atoms. The number of rotatable bonds is 1. The van der Waals surface area contributed by atoms with E-state index in [1.165, 1.54) is 18.4 Å². The molecule has 0 radical (unpaired) electrons. The van der Waals surface area contributed by atoms with Crippen LogP contribution in [0.3, 0.4) is 0 Å². The Balaban J connectivity index is -0.000000189. The van der Waals surface area contributed by atoms with E-state index in [0.717, 1.165) is 13.2 Å². The summed E-state index contributed by atoms with van der Waals surface area (Å²) < 4.78 is 4.94. The summed E-state index contributed by atoms with van der Waals surface area (Å²) in [5.74, 6) is 0.612. The summed E-state index contributed by atoms with van der Waals surface area (Å²) in [6.45, 7) is 2.00. The van der Waals surface area contributed by atoms with Crippen LogP contribution in [0.4, 0.5) is 0 Å². The second-order valence-electron chi connectivity index (χ2n) is 2.94. The maximum Gasteiger partial charge on any atom is 2.00 e. The first-order chi connectivity index (χ1) is 6.43. The molecule has 3 heteroatoms. The molecule has 1 saturated heterocycles. The van der Waals surface area contributed by atoms with E-state index in [4.69, 9.17) is 16.3 Å². The molecular formula is C11H17ClMgO. The Labute approximate surface area is 110 Å². The van der Waals surface area contributed by atoms with Gasteiger partial charge in [-0.05, 0) is 18.4 Å². The molecule has 1 nitrogen and oxygen atoms in total. The zero-order valence-corrected chi connectivity index (χ0v) is 10.6. The molecule has 1 heterocycles. The largest absolute Gasteiger partial charge is 2.00 e. The van der Waals surface area contributed by atoms with Crippen LogP contribution in [0, 0.1) is 0 Å². The van der Waals surface area contributed by atoms with E-state index in [-0.39, 0.29) is 25.9 Å². The van der Waals surface area contributed by atoms with E-state index in [2.05, 4.69) is 0 Å². The second-order valence-corrected chi connectivity index (χ2v) is 3.21. The Bertz CT molecular complexity index is 213. The Kier molecular flexibility index (Phi) is 9.94. The van der Waals surface area contributed by atoms with Crippen LogP contribution in [0.1, 0.15) is 21.3 Å². The summed E-state index contributed by atoms with van der Waals surface area (Å²) in [4.78, 5) is 0. The summed E-state index contributed by atoms with van der Waals surface area (Å²) in [7, 11) is 0. The van der Waals surface area contributed by atoms with Gasteiger partial charge < -0.3 is 7.59 Å². The molecular weight excluding hydrogens is 208 g/mol. The van der Waals surface area contributed by atoms with Gasteiger partial charge in [0, 0.05) is 19.1 Å². The van der Waals surface area contributed by atoms with Crippen molar-refractivity contribution in [1.82, 2.24) is 0 Å². The summed E-state index contributed by atoms with van der Waals surface area (Å²) in [5, 5.41) is 0. The van der Waals surface area contributed by atoms with Crippen molar-refractivity contribution in [3.05, 3.63) is 35.9 Å². The van der Waals surface area contributed by atoms with E-state index in [9.17, 15) is 0 Å². The third-order valence-electron chi connectivity index (χ3n) is 1.82. The molecule has 1 aliphatic rings. The molecule has 1 fully saturated rings. The molecule has 14 heavy (non-hydrogen) atoms. The fourth-order valence-electron chi connectivity index (χ4n) is 1.08. The minimum Gasteiger partial charge on any atom is -1.00 e. The normalized spacial score (nSPS) is 13.8. The quantitative estimate of drug-likeness (QED) is 0.527. The minimum absolute atomic E-state index is 0. The van der Waals surface area contributed by atoms with Crippen molar-refractivity contribution < 1.29 is 7.59 Å². The number of alkyl halides is 1. The van der Waals surface area contributed by atoms with Gasteiger partial charge in [0.05, 0.1) is 0 Å². The van der Waals surface area contributed by atoms with E-state index in [0.29, 0.717) is 5.88 Å². The van der Waals surface area contributed by atoms with Gasteiger partial charge in [0.1, 0.15) is 0 Å². The van der Waals surface area contributed by atoms with Gasteiger partial charge in [-0.25, -0.2) is 0 Å². The first-order valence-corrected chi connectivity index (χ1v) is 5.14. The smallest absolute Gasteiger partial charge is 1.00 e. The molecule has 0 bridgehead atoms. The number of hydrogen-bond donors (Lipinski definition) is 0. The first-order valence-electron chi connectivity index (χ1n) is 4.61. The molecule has 2 rings (SSSR count). The van der Waals surface area contributed by atoms with Crippen molar-refractivity contribution in [1.29, 1.82) is 0 Å². The number of benzene rings is 1. The molecule has 0 aromatic heterocycles. The van der Waals surface area contributed by atoms with E-state index < -0.39 is 0 Å². The van der Waals surface area contributed by atoms with Crippen molar-refractivity contribution in [3.63, 3.8) is 0 Å². The van der Waals surface area contributed by atoms with Gasteiger partial charge in [0.25, 0.3) is 0 Å². The Morgan fingerprint density at radius 2 is 1.71 bits per heavy atom. The van der Waals surface area contributed by atoms with Crippen LogP contribution < -0.4 is 0 Å². The fraction of sp³-hybridized carbons (Fsp3) is 0.455. The molecule has 0 aliphatic carbocycles. The number of halogens is 1. The summed E-state index contributed by atoms with van der Waals surface area (Å²) in [5.41, 5.74) is 1.18. The summed E-state index contributed by atoms with van der Waals surface area (Å²) >= 11 is 5.53. The maximum absolute atomic E-state index is 5.53. The molecule has 0 saturated carbocycles. The van der Waals surface area contributed by atoms with Gasteiger partial charge in [-0.3, -0.25) is 0 Å². The van der Waals surface area contributed by atoms with Gasteiger partial charge in [-0.2, -0.15) is 0 Å². The predicted molar refractivity (Wildman–Crippen MR) is 64.0 cm³/mol. The SMILES string of the molecule is C1CCOC1.ClCc1ccccc1.[H-].[H-].[Mg+2]. The summed E-state index contributed by atoms with van der Waals surface area (Å²) in [6.07, 6.45) is 2.56. The van der Waals surface area contributed by atoms with E-state index >= 15 is 0 Å². The van der Waals surface area contributed by atoms with Crippen LogP contribution in [-0.4, -0.2) is 36.3 Å². The molecule has 76 valence electrons. The first kappa shape index (κ1) is 14.2. The van der Waals surface area contributed by atoms with Crippen molar-refractivity contribution in [2.24, 2.45) is 0 Å². The third kappa shape index (κ3) is 6.65. The average molecular weight is 225 g/mol. The summed E-state index contributed by atoms with van der Waals surface area (Å²) in [6, 6.07) is 9.96. The molecule has 0 atom stereocenters. The van der Waals surface area contributed by atoms with E-state index in [1.807, 2.05) is 30.3 Å². The van der Waals surface area contributed by atoms with E-state index in [1.54, 1.807) is 0 Å². The van der Waals surface area contributed by atoms with Crippen LogP contribution in [-0.2, 0) is 10.6 Å². The zero-order chi connectivity index (χ0) is 9.36. The maximum atomic E-state index is 5.53. The molecule has 1 aromatic rings. The molecule has 1 aliphatic heterocycles. The van der Waals surface area contributed by atoms with Crippen molar-refractivity contribution >= 4 is 34.7 Å². The van der Waals surface area contributed by atoms with Crippen LogP contribution in [0.5, 0.6) is 0 Å². The van der Waals surface area contributed by atoms with Crippen molar-refractivity contribution in [3.8, 4) is 0 Å². The molecule has 0 amide bonds. The topological polar surface area (TPSA) is 9.23 Å². The Morgan fingerprint density at radius 3 is 2.00 bits per heavy atom. The number of ether oxygens (including phenoxy) is 1. The van der Waals surface area contributed by atoms with Crippen LogP contribution >= 0.6 is 11.6 Å². The Hall–Kier alpha value is 0.236. The standard InChI is InChI=1S/C7H7Cl.C4H8O.Mg.2H/c8-6-7-4-2-1-3-5-7;1-2-4-5-3-1;;;/h1-5H,6H2;1-4H2;;;/q;;+2;2*-1. The molecule has 0 N–H and O–H groups in total. The number of hydrogen-bond acceptors (Lipinski definition) is 1.